The predicted molar refractivity (Wildman–Crippen MR) is 62.7 cm³/mol. The molecule has 16 heavy (non-hydrogen) atoms. The first-order chi connectivity index (χ1) is 7.53. The van der Waals surface area contributed by atoms with Crippen LogP contribution in [0.15, 0.2) is 42.6 Å². The van der Waals surface area contributed by atoms with Gasteiger partial charge in [0.05, 0.1) is 6.61 Å². The lowest BCUT2D eigenvalue weighted by molar-refractivity contribution is 0.327. The first-order valence-corrected chi connectivity index (χ1v) is 6.11. The number of benzene rings is 1. The van der Waals surface area contributed by atoms with E-state index in [9.17, 15) is 8.42 Å². The second kappa shape index (κ2) is 5.63. The van der Waals surface area contributed by atoms with E-state index < -0.39 is 10.3 Å². The normalized spacial score (nSPS) is 10.8. The Bertz CT molecular complexity index is 487. The fourth-order valence-electron chi connectivity index (χ4n) is 1.23. The van der Waals surface area contributed by atoms with Gasteiger partial charge in [-0.2, -0.15) is 8.42 Å². The molecule has 0 spiro atoms. The molecule has 4 nitrogen and oxygen atoms in total. The van der Waals surface area contributed by atoms with E-state index in [1.807, 2.05) is 30.3 Å². The van der Waals surface area contributed by atoms with Gasteiger partial charge in [0.2, 0.25) is 0 Å². The van der Waals surface area contributed by atoms with Crippen molar-refractivity contribution in [2.45, 2.75) is 6.42 Å². The van der Waals surface area contributed by atoms with Gasteiger partial charge >= 0.3 is 10.3 Å². The van der Waals surface area contributed by atoms with Crippen LogP contribution in [0.2, 0.25) is 0 Å². The first kappa shape index (κ1) is 12.7. The third kappa shape index (κ3) is 4.42. The molecule has 2 N–H and O–H groups in total. The van der Waals surface area contributed by atoms with Crippen LogP contribution in [0, 0.1) is 0 Å². The molecule has 86 valence electrons. The van der Waals surface area contributed by atoms with Crippen molar-refractivity contribution >= 4 is 15.9 Å². The maximum absolute atomic E-state index is 10.5. The van der Waals surface area contributed by atoms with Gasteiger partial charge in [0.15, 0.2) is 0 Å². The van der Waals surface area contributed by atoms with Crippen LogP contribution in [-0.4, -0.2) is 15.0 Å². The maximum Gasteiger partial charge on any atom is 0.333 e. The highest BCUT2D eigenvalue weighted by atomic mass is 32.2. The third-order valence-corrected chi connectivity index (χ3v) is 2.43. The number of rotatable bonds is 5. The molecule has 0 radical (unpaired) electrons. The Hall–Kier alpha value is -1.39. The molecule has 1 aromatic carbocycles. The molecule has 0 amide bonds. The molecule has 0 atom stereocenters. The minimum Gasteiger partial charge on any atom is -0.258 e. The zero-order valence-electron chi connectivity index (χ0n) is 8.72. The second-order valence-electron chi connectivity index (χ2n) is 3.09. The zero-order valence-corrected chi connectivity index (χ0v) is 9.53. The molecule has 1 aromatic rings. The lowest BCUT2D eigenvalue weighted by atomic mass is 10.0. The van der Waals surface area contributed by atoms with E-state index in [0.29, 0.717) is 6.42 Å². The van der Waals surface area contributed by atoms with Crippen LogP contribution < -0.4 is 5.14 Å². The summed E-state index contributed by atoms with van der Waals surface area (Å²) in [5.74, 6) is 0. The monoisotopic (exact) mass is 239 g/mol. The minimum absolute atomic E-state index is 0.00835. The molecule has 0 unspecified atom stereocenters. The van der Waals surface area contributed by atoms with Crippen LogP contribution in [-0.2, 0) is 14.5 Å². The van der Waals surface area contributed by atoms with Crippen LogP contribution >= 0.6 is 0 Å². The van der Waals surface area contributed by atoms with Crippen molar-refractivity contribution in [3.8, 4) is 0 Å². The Morgan fingerprint density at radius 1 is 1.38 bits per heavy atom. The molecule has 0 aliphatic carbocycles. The number of nitrogens with two attached hydrogens (primary N) is 1. The molecule has 0 aliphatic heterocycles. The first-order valence-electron chi connectivity index (χ1n) is 4.64. The van der Waals surface area contributed by atoms with Crippen LogP contribution in [0.3, 0.4) is 0 Å². The second-order valence-corrected chi connectivity index (χ2v) is 4.31. The van der Waals surface area contributed by atoms with Crippen LogP contribution in [0.4, 0.5) is 0 Å². The molecule has 0 heterocycles. The summed E-state index contributed by atoms with van der Waals surface area (Å²) in [7, 11) is -3.87. The summed E-state index contributed by atoms with van der Waals surface area (Å²) in [6, 6.07) is 9.44. The molecule has 0 bridgehead atoms. The van der Waals surface area contributed by atoms with Crippen molar-refractivity contribution in [1.29, 1.82) is 0 Å². The summed E-state index contributed by atoms with van der Waals surface area (Å²) in [6.07, 6.45) is 0.393. The van der Waals surface area contributed by atoms with Gasteiger partial charge in [0.1, 0.15) is 0 Å². The lowest BCUT2D eigenvalue weighted by Gasteiger charge is -2.04. The highest BCUT2D eigenvalue weighted by Gasteiger charge is 2.04. The SMILES string of the molecule is C=C=C(CCOS(N)(=O)=O)c1ccccc1. The highest BCUT2D eigenvalue weighted by molar-refractivity contribution is 7.84. The summed E-state index contributed by atoms with van der Waals surface area (Å²) >= 11 is 0. The molecule has 0 fully saturated rings. The van der Waals surface area contributed by atoms with Crippen molar-refractivity contribution in [3.05, 3.63) is 48.2 Å². The number of hydrogen-bond acceptors (Lipinski definition) is 3. The number of hydrogen-bond donors (Lipinski definition) is 1. The molecular formula is C11H13NO3S. The van der Waals surface area contributed by atoms with Crippen LogP contribution in [0.5, 0.6) is 0 Å². The minimum atomic E-state index is -3.87. The summed E-state index contributed by atoms with van der Waals surface area (Å²) in [5.41, 5.74) is 4.49. The molecule has 0 saturated carbocycles. The summed E-state index contributed by atoms with van der Waals surface area (Å²) in [5, 5.41) is 4.71. The van der Waals surface area contributed by atoms with Crippen molar-refractivity contribution in [2.75, 3.05) is 6.61 Å². The summed E-state index contributed by atoms with van der Waals surface area (Å²) in [4.78, 5) is 0. The van der Waals surface area contributed by atoms with Crippen molar-refractivity contribution < 1.29 is 12.6 Å². The lowest BCUT2D eigenvalue weighted by Crippen LogP contribution is -2.16. The van der Waals surface area contributed by atoms with Crippen molar-refractivity contribution in [2.24, 2.45) is 5.14 Å². The smallest absolute Gasteiger partial charge is 0.258 e. The van der Waals surface area contributed by atoms with E-state index in [2.05, 4.69) is 16.5 Å². The van der Waals surface area contributed by atoms with Gasteiger partial charge in [-0.3, -0.25) is 4.18 Å². The van der Waals surface area contributed by atoms with Gasteiger partial charge in [0.25, 0.3) is 0 Å². The van der Waals surface area contributed by atoms with Gasteiger partial charge in [-0.05, 0) is 5.56 Å². The average molecular weight is 239 g/mol. The van der Waals surface area contributed by atoms with Crippen LogP contribution in [0.25, 0.3) is 5.57 Å². The summed E-state index contributed by atoms with van der Waals surface area (Å²) < 4.78 is 25.5. The van der Waals surface area contributed by atoms with E-state index >= 15 is 0 Å². The topological polar surface area (TPSA) is 69.4 Å². The summed E-state index contributed by atoms with van der Waals surface area (Å²) in [6.45, 7) is 3.55. The average Bonchev–Trinajstić information content (AvgIpc) is 2.24. The highest BCUT2D eigenvalue weighted by Crippen LogP contribution is 2.16. The Labute approximate surface area is 95.3 Å². The van der Waals surface area contributed by atoms with Crippen molar-refractivity contribution in [1.82, 2.24) is 0 Å². The fraction of sp³-hybridized carbons (Fsp3) is 0.182. The largest absolute Gasteiger partial charge is 0.333 e. The van der Waals surface area contributed by atoms with Gasteiger partial charge in [-0.1, -0.05) is 36.9 Å². The van der Waals surface area contributed by atoms with Gasteiger partial charge in [-0.15, -0.1) is 5.73 Å². The molecular weight excluding hydrogens is 226 g/mol. The molecule has 1 rings (SSSR count). The van der Waals surface area contributed by atoms with Crippen LogP contribution in [0.1, 0.15) is 12.0 Å². The van der Waals surface area contributed by atoms with E-state index in [-0.39, 0.29) is 6.61 Å². The molecule has 0 aliphatic rings. The Morgan fingerprint density at radius 2 is 2.00 bits per heavy atom. The Balaban J connectivity index is 2.63. The predicted octanol–water partition coefficient (Wildman–Crippen LogP) is 1.47. The molecule has 5 heteroatoms. The van der Waals surface area contributed by atoms with Gasteiger partial charge in [0, 0.05) is 12.0 Å². The van der Waals surface area contributed by atoms with Gasteiger partial charge in [-0.25, -0.2) is 5.14 Å². The standard InChI is InChI=1S/C11H13NO3S/c1-2-10(8-9-15-16(12,13)14)11-6-4-3-5-7-11/h3-7H,1,8-9H2,(H2,12,13,14). The molecule has 0 aromatic heterocycles. The van der Waals surface area contributed by atoms with Crippen molar-refractivity contribution in [3.63, 3.8) is 0 Å². The Kier molecular flexibility index (Phi) is 4.46. The fourth-order valence-corrected chi connectivity index (χ4v) is 1.55. The third-order valence-electron chi connectivity index (χ3n) is 1.94. The van der Waals surface area contributed by atoms with E-state index in [1.54, 1.807) is 0 Å². The Morgan fingerprint density at radius 3 is 2.50 bits per heavy atom. The van der Waals surface area contributed by atoms with E-state index in [1.165, 1.54) is 0 Å². The quantitative estimate of drug-likeness (QED) is 0.791. The van der Waals surface area contributed by atoms with E-state index in [4.69, 9.17) is 5.14 Å². The van der Waals surface area contributed by atoms with E-state index in [0.717, 1.165) is 11.1 Å². The zero-order chi connectivity index (χ0) is 12.0. The maximum atomic E-state index is 10.5. The molecule has 0 saturated heterocycles. The van der Waals surface area contributed by atoms with Gasteiger partial charge < -0.3 is 0 Å².